The van der Waals surface area contributed by atoms with Crippen molar-refractivity contribution in [2.45, 2.75) is 38.8 Å². The fourth-order valence-electron chi connectivity index (χ4n) is 4.05. The minimum atomic E-state index is -1.59. The van der Waals surface area contributed by atoms with Gasteiger partial charge in [-0.1, -0.05) is 109 Å². The van der Waals surface area contributed by atoms with Crippen LogP contribution in [0.1, 0.15) is 25.8 Å². The van der Waals surface area contributed by atoms with Crippen molar-refractivity contribution in [2.24, 2.45) is 0 Å². The molecule has 0 nitrogen and oxygen atoms in total. The SMILES string of the molecule is CC[Si](CC)(C1=C(Cc2ccccc2)C=CC1)c1ccccc1. The Morgan fingerprint density at radius 1 is 0.826 bits per heavy atom. The van der Waals surface area contributed by atoms with Gasteiger partial charge in [0, 0.05) is 0 Å². The van der Waals surface area contributed by atoms with E-state index in [4.69, 9.17) is 0 Å². The number of benzene rings is 2. The molecule has 0 unspecified atom stereocenters. The van der Waals surface area contributed by atoms with Crippen LogP contribution in [0.3, 0.4) is 0 Å². The highest BCUT2D eigenvalue weighted by Gasteiger charge is 2.37. The molecule has 0 aromatic heterocycles. The maximum absolute atomic E-state index is 2.40. The van der Waals surface area contributed by atoms with Gasteiger partial charge in [-0.15, -0.1) is 0 Å². The first kappa shape index (κ1) is 16.0. The Morgan fingerprint density at radius 2 is 1.43 bits per heavy atom. The molecule has 2 aromatic rings. The highest BCUT2D eigenvalue weighted by molar-refractivity contribution is 6.97. The van der Waals surface area contributed by atoms with E-state index < -0.39 is 8.07 Å². The van der Waals surface area contributed by atoms with Crippen molar-refractivity contribution >= 4 is 13.3 Å². The summed E-state index contributed by atoms with van der Waals surface area (Å²) in [5.74, 6) is 0. The maximum Gasteiger partial charge on any atom is 0.113 e. The lowest BCUT2D eigenvalue weighted by atomic mass is 10.1. The van der Waals surface area contributed by atoms with Crippen LogP contribution in [-0.2, 0) is 6.42 Å². The highest BCUT2D eigenvalue weighted by atomic mass is 28.3. The first-order valence-electron chi connectivity index (χ1n) is 8.78. The van der Waals surface area contributed by atoms with E-state index >= 15 is 0 Å². The zero-order chi connectivity index (χ0) is 16.1. The summed E-state index contributed by atoms with van der Waals surface area (Å²) in [6.45, 7) is 4.79. The quantitative estimate of drug-likeness (QED) is 0.624. The minimum absolute atomic E-state index is 1.08. The van der Waals surface area contributed by atoms with Crippen LogP contribution in [0.5, 0.6) is 0 Å². The van der Waals surface area contributed by atoms with Gasteiger partial charge in [-0.05, 0) is 24.0 Å². The molecule has 23 heavy (non-hydrogen) atoms. The molecule has 0 radical (unpaired) electrons. The Kier molecular flexibility index (Phi) is 4.97. The molecule has 0 N–H and O–H groups in total. The monoisotopic (exact) mass is 318 g/mol. The van der Waals surface area contributed by atoms with E-state index in [0.29, 0.717) is 0 Å². The summed E-state index contributed by atoms with van der Waals surface area (Å²) in [4.78, 5) is 0. The molecule has 3 rings (SSSR count). The van der Waals surface area contributed by atoms with Crippen molar-refractivity contribution in [2.75, 3.05) is 0 Å². The summed E-state index contributed by atoms with van der Waals surface area (Å²) in [5.41, 5.74) is 3.00. The fraction of sp³-hybridized carbons (Fsp3) is 0.273. The van der Waals surface area contributed by atoms with Crippen LogP contribution in [0.15, 0.2) is 83.6 Å². The predicted molar refractivity (Wildman–Crippen MR) is 104 cm³/mol. The third-order valence-electron chi connectivity index (χ3n) is 5.38. The molecule has 0 fully saturated rings. The summed E-state index contributed by atoms with van der Waals surface area (Å²) < 4.78 is 0. The zero-order valence-corrected chi connectivity index (χ0v) is 15.3. The van der Waals surface area contributed by atoms with Crippen molar-refractivity contribution in [3.05, 3.63) is 89.1 Å². The van der Waals surface area contributed by atoms with E-state index in [1.54, 1.807) is 16.0 Å². The van der Waals surface area contributed by atoms with Gasteiger partial charge in [0.05, 0.1) is 0 Å². The van der Waals surface area contributed by atoms with E-state index in [2.05, 4.69) is 86.7 Å². The Morgan fingerprint density at radius 3 is 2.04 bits per heavy atom. The molecule has 1 heteroatoms. The van der Waals surface area contributed by atoms with Gasteiger partial charge < -0.3 is 0 Å². The summed E-state index contributed by atoms with van der Waals surface area (Å²) in [6, 6.07) is 24.8. The second kappa shape index (κ2) is 7.14. The molecule has 0 atom stereocenters. The van der Waals surface area contributed by atoms with Crippen LogP contribution < -0.4 is 5.19 Å². The lowest BCUT2D eigenvalue weighted by Crippen LogP contribution is -2.49. The van der Waals surface area contributed by atoms with Crippen molar-refractivity contribution in [3.8, 4) is 0 Å². The van der Waals surface area contributed by atoms with Gasteiger partial charge >= 0.3 is 0 Å². The van der Waals surface area contributed by atoms with E-state index in [1.165, 1.54) is 17.7 Å². The summed E-state index contributed by atoms with van der Waals surface area (Å²) in [6.07, 6.45) is 7.00. The number of hydrogen-bond acceptors (Lipinski definition) is 0. The van der Waals surface area contributed by atoms with Crippen molar-refractivity contribution in [1.82, 2.24) is 0 Å². The summed E-state index contributed by atoms with van der Waals surface area (Å²) in [5, 5.41) is 3.37. The number of hydrogen-bond donors (Lipinski definition) is 0. The highest BCUT2D eigenvalue weighted by Crippen LogP contribution is 2.34. The molecule has 0 spiro atoms. The zero-order valence-electron chi connectivity index (χ0n) is 14.3. The van der Waals surface area contributed by atoms with Gasteiger partial charge in [0.2, 0.25) is 0 Å². The number of rotatable bonds is 6. The average molecular weight is 319 g/mol. The van der Waals surface area contributed by atoms with Gasteiger partial charge in [0.25, 0.3) is 0 Å². The molecule has 0 amide bonds. The number of allylic oxidation sites excluding steroid dienone is 4. The van der Waals surface area contributed by atoms with E-state index in [1.807, 2.05) is 0 Å². The molecule has 2 aromatic carbocycles. The molecule has 0 saturated heterocycles. The first-order chi connectivity index (χ1) is 11.3. The predicted octanol–water partition coefficient (Wildman–Crippen LogP) is 5.42. The van der Waals surface area contributed by atoms with Crippen LogP contribution in [0.2, 0.25) is 12.1 Å². The lowest BCUT2D eigenvalue weighted by molar-refractivity contribution is 1.15. The molecule has 1 aliphatic carbocycles. The van der Waals surface area contributed by atoms with Gasteiger partial charge in [0.15, 0.2) is 0 Å². The van der Waals surface area contributed by atoms with Gasteiger partial charge in [-0.2, -0.15) is 0 Å². The van der Waals surface area contributed by atoms with Crippen LogP contribution in [0.4, 0.5) is 0 Å². The molecule has 118 valence electrons. The average Bonchev–Trinajstić information content (AvgIpc) is 3.07. The first-order valence-corrected chi connectivity index (χ1v) is 11.2. The molecular weight excluding hydrogens is 292 g/mol. The van der Waals surface area contributed by atoms with Gasteiger partial charge in [0.1, 0.15) is 8.07 Å². The molecular formula is C22H26Si. The fourth-order valence-corrected chi connectivity index (χ4v) is 8.70. The molecule has 1 aliphatic rings. The Labute approximate surface area is 141 Å². The van der Waals surface area contributed by atoms with E-state index in [9.17, 15) is 0 Å². The van der Waals surface area contributed by atoms with Crippen molar-refractivity contribution < 1.29 is 0 Å². The molecule has 0 bridgehead atoms. The normalized spacial score (nSPS) is 14.5. The van der Waals surface area contributed by atoms with Crippen LogP contribution >= 0.6 is 0 Å². The summed E-state index contributed by atoms with van der Waals surface area (Å²) in [7, 11) is -1.59. The molecule has 0 heterocycles. The van der Waals surface area contributed by atoms with E-state index in [-0.39, 0.29) is 0 Å². The molecule has 0 saturated carbocycles. The van der Waals surface area contributed by atoms with Gasteiger partial charge in [-0.25, -0.2) is 0 Å². The minimum Gasteiger partial charge on any atom is -0.0806 e. The van der Waals surface area contributed by atoms with Crippen LogP contribution in [0.25, 0.3) is 0 Å². The molecule has 0 aliphatic heterocycles. The second-order valence-electron chi connectivity index (χ2n) is 6.43. The van der Waals surface area contributed by atoms with E-state index in [0.717, 1.165) is 12.8 Å². The topological polar surface area (TPSA) is 0 Å². The third-order valence-corrected chi connectivity index (χ3v) is 10.9. The third kappa shape index (κ3) is 3.11. The smallest absolute Gasteiger partial charge is 0.0806 e. The standard InChI is InChI=1S/C22H26Si/c1-3-23(4-2,21-15-9-6-10-16-21)22-17-11-14-20(22)18-19-12-7-5-8-13-19/h5-16H,3-4,17-18H2,1-2H3. The summed E-state index contributed by atoms with van der Waals surface area (Å²) >= 11 is 0. The maximum atomic E-state index is 2.40. The lowest BCUT2D eigenvalue weighted by Gasteiger charge is -2.33. The largest absolute Gasteiger partial charge is 0.113 e. The Balaban J connectivity index is 2.03. The van der Waals surface area contributed by atoms with Crippen molar-refractivity contribution in [3.63, 3.8) is 0 Å². The Hall–Kier alpha value is -1.86. The van der Waals surface area contributed by atoms with Crippen LogP contribution in [-0.4, -0.2) is 8.07 Å². The van der Waals surface area contributed by atoms with Crippen molar-refractivity contribution in [1.29, 1.82) is 0 Å². The van der Waals surface area contributed by atoms with Gasteiger partial charge in [-0.3, -0.25) is 0 Å². The second-order valence-corrected chi connectivity index (χ2v) is 11.2. The van der Waals surface area contributed by atoms with Crippen LogP contribution in [0, 0.1) is 0 Å². The Bertz CT molecular complexity index is 691.